The van der Waals surface area contributed by atoms with Gasteiger partial charge in [-0.25, -0.2) is 0 Å². The Hall–Kier alpha value is -3.06. The summed E-state index contributed by atoms with van der Waals surface area (Å²) in [4.78, 5) is 20.7. The number of fused-ring (bicyclic) bond motifs is 1. The molecule has 0 amide bonds. The molecule has 0 aliphatic rings. The molecule has 1 aromatic heterocycles. The number of nitro groups is 2. The van der Waals surface area contributed by atoms with Crippen molar-refractivity contribution in [1.82, 2.24) is 0 Å². The van der Waals surface area contributed by atoms with Gasteiger partial charge in [0.1, 0.15) is 6.07 Å². The van der Waals surface area contributed by atoms with Crippen LogP contribution < -0.4 is 17.0 Å². The highest BCUT2D eigenvalue weighted by Crippen LogP contribution is 2.25. The van der Waals surface area contributed by atoms with Crippen LogP contribution in [0.5, 0.6) is 0 Å². The summed E-state index contributed by atoms with van der Waals surface area (Å²) in [5, 5.41) is 23.9. The molecule has 0 radical (unpaired) electrons. The number of hydrogen-bond acceptors (Lipinski definition) is 4. The Labute approximate surface area is 136 Å². The first-order valence-electron chi connectivity index (χ1n) is 6.39. The summed E-state index contributed by atoms with van der Waals surface area (Å²) in [6, 6.07) is 13.0. The predicted molar refractivity (Wildman–Crippen MR) is 78.8 cm³/mol. The van der Waals surface area contributed by atoms with E-state index in [2.05, 4.69) is 0 Å². The molecule has 0 aliphatic heterocycles. The maximum atomic E-state index is 11.2. The van der Waals surface area contributed by atoms with E-state index in [1.54, 1.807) is 17.0 Å². The van der Waals surface area contributed by atoms with Gasteiger partial charge in [0.2, 0.25) is 0 Å². The molecule has 0 bridgehead atoms. The topological polar surface area (TPSA) is 90.2 Å². The second-order valence-electron chi connectivity index (χ2n) is 4.67. The van der Waals surface area contributed by atoms with Crippen LogP contribution in [0.2, 0.25) is 0 Å². The molecule has 116 valence electrons. The summed E-state index contributed by atoms with van der Waals surface area (Å²) in [5.41, 5.74) is -0.340. The fourth-order valence-corrected chi connectivity index (χ4v) is 2.27. The smallest absolute Gasteiger partial charge is 0.347 e. The molecule has 0 saturated heterocycles. The van der Waals surface area contributed by atoms with Crippen molar-refractivity contribution in [3.63, 3.8) is 0 Å². The molecule has 7 nitrogen and oxygen atoms in total. The van der Waals surface area contributed by atoms with Crippen LogP contribution in [0.4, 0.5) is 11.4 Å². The summed E-state index contributed by atoms with van der Waals surface area (Å²) in [5.74, 6) is 0. The summed E-state index contributed by atoms with van der Waals surface area (Å²) >= 11 is 0. The molecular formula is C15H10ClN3O4. The number of pyridine rings is 1. The van der Waals surface area contributed by atoms with Crippen molar-refractivity contribution in [3.8, 4) is 5.69 Å². The first kappa shape index (κ1) is 16.3. The van der Waals surface area contributed by atoms with Crippen LogP contribution >= 0.6 is 0 Å². The third kappa shape index (κ3) is 3.09. The lowest BCUT2D eigenvalue weighted by Gasteiger charge is -2.00. The monoisotopic (exact) mass is 331 g/mol. The quantitative estimate of drug-likeness (QED) is 0.382. The van der Waals surface area contributed by atoms with Crippen molar-refractivity contribution in [2.75, 3.05) is 0 Å². The van der Waals surface area contributed by atoms with Crippen molar-refractivity contribution < 1.29 is 26.8 Å². The molecule has 0 N–H and O–H groups in total. The molecular weight excluding hydrogens is 322 g/mol. The molecule has 8 heteroatoms. The number of halogens is 1. The number of rotatable bonds is 3. The molecule has 2 aromatic carbocycles. The first-order chi connectivity index (χ1) is 10.6. The van der Waals surface area contributed by atoms with Gasteiger partial charge < -0.3 is 12.4 Å². The molecule has 3 aromatic rings. The number of aromatic nitrogens is 1. The van der Waals surface area contributed by atoms with E-state index in [4.69, 9.17) is 0 Å². The zero-order valence-corrected chi connectivity index (χ0v) is 12.4. The lowest BCUT2D eigenvalue weighted by Crippen LogP contribution is -3.00. The normalized spacial score (nSPS) is 10.1. The van der Waals surface area contributed by atoms with Gasteiger partial charge in [-0.05, 0) is 11.5 Å². The van der Waals surface area contributed by atoms with E-state index >= 15 is 0 Å². The van der Waals surface area contributed by atoms with E-state index in [1.807, 2.05) is 30.3 Å². The third-order valence-electron chi connectivity index (χ3n) is 3.33. The standard InChI is InChI=1S/C15H10N3O4.ClH/c19-17(20)13-5-6-14(15(9-13)18(21)22)16-8-7-11-3-1-2-4-12(11)10-16;/h1-10H;1H/q+1;/p-1. The minimum atomic E-state index is -0.651. The van der Waals surface area contributed by atoms with Crippen molar-refractivity contribution in [2.24, 2.45) is 0 Å². The number of benzene rings is 2. The van der Waals surface area contributed by atoms with Crippen LogP contribution in [0.3, 0.4) is 0 Å². The highest BCUT2D eigenvalue weighted by Gasteiger charge is 2.26. The van der Waals surface area contributed by atoms with Gasteiger partial charge in [-0.1, -0.05) is 18.2 Å². The third-order valence-corrected chi connectivity index (χ3v) is 3.33. The molecule has 3 rings (SSSR count). The van der Waals surface area contributed by atoms with Crippen LogP contribution in [-0.4, -0.2) is 9.85 Å². The number of nitro benzene ring substituents is 2. The van der Waals surface area contributed by atoms with Gasteiger partial charge in [0.15, 0.2) is 12.4 Å². The lowest BCUT2D eigenvalue weighted by atomic mass is 10.1. The molecule has 0 spiro atoms. The Kier molecular flexibility index (Phi) is 4.52. The second kappa shape index (κ2) is 6.37. The zero-order valence-electron chi connectivity index (χ0n) is 11.6. The van der Waals surface area contributed by atoms with Gasteiger partial charge in [0.05, 0.1) is 9.85 Å². The minimum Gasteiger partial charge on any atom is -1.00 e. The Morgan fingerprint density at radius 3 is 2.22 bits per heavy atom. The Bertz CT molecular complexity index is 914. The van der Waals surface area contributed by atoms with Crippen LogP contribution in [0.15, 0.2) is 60.9 Å². The van der Waals surface area contributed by atoms with Gasteiger partial charge >= 0.3 is 5.69 Å². The van der Waals surface area contributed by atoms with Gasteiger partial charge in [0, 0.05) is 23.6 Å². The van der Waals surface area contributed by atoms with E-state index in [-0.39, 0.29) is 29.5 Å². The molecule has 0 fully saturated rings. The fourth-order valence-electron chi connectivity index (χ4n) is 2.27. The lowest BCUT2D eigenvalue weighted by molar-refractivity contribution is -0.599. The number of non-ortho nitro benzene ring substituents is 1. The Morgan fingerprint density at radius 2 is 1.57 bits per heavy atom. The minimum absolute atomic E-state index is 0. The largest absolute Gasteiger partial charge is 1.00 e. The van der Waals surface area contributed by atoms with E-state index in [9.17, 15) is 20.2 Å². The van der Waals surface area contributed by atoms with Crippen LogP contribution in [0.1, 0.15) is 0 Å². The fraction of sp³-hybridized carbons (Fsp3) is 0. The van der Waals surface area contributed by atoms with Crippen LogP contribution in [-0.2, 0) is 0 Å². The summed E-state index contributed by atoms with van der Waals surface area (Å²) < 4.78 is 1.59. The second-order valence-corrected chi connectivity index (χ2v) is 4.67. The number of hydrogen-bond donors (Lipinski definition) is 0. The Morgan fingerprint density at radius 1 is 0.870 bits per heavy atom. The highest BCUT2D eigenvalue weighted by atomic mass is 35.5. The van der Waals surface area contributed by atoms with E-state index in [0.29, 0.717) is 0 Å². The van der Waals surface area contributed by atoms with Gasteiger partial charge in [-0.3, -0.25) is 20.2 Å². The summed E-state index contributed by atoms with van der Waals surface area (Å²) in [6.45, 7) is 0. The predicted octanol–water partition coefficient (Wildman–Crippen LogP) is -0.0631. The maximum absolute atomic E-state index is 11.2. The van der Waals surface area contributed by atoms with Gasteiger partial charge in [-0.2, -0.15) is 4.57 Å². The Balaban J connectivity index is 0.00000192. The molecule has 1 heterocycles. The molecule has 0 saturated carbocycles. The van der Waals surface area contributed by atoms with Gasteiger partial charge in [0.25, 0.3) is 11.4 Å². The molecule has 0 aliphatic carbocycles. The molecule has 23 heavy (non-hydrogen) atoms. The average Bonchev–Trinajstić information content (AvgIpc) is 2.53. The average molecular weight is 332 g/mol. The van der Waals surface area contributed by atoms with Crippen LogP contribution in [0, 0.1) is 20.2 Å². The SMILES string of the molecule is O=[N+]([O-])c1ccc(-[n+]2ccc3ccccc3c2)c([N+](=O)[O-])c1.[Cl-]. The van der Waals surface area contributed by atoms with Crippen LogP contribution in [0.25, 0.3) is 16.5 Å². The highest BCUT2D eigenvalue weighted by molar-refractivity contribution is 5.80. The summed E-state index contributed by atoms with van der Waals surface area (Å²) in [6.07, 6.45) is 3.44. The van der Waals surface area contributed by atoms with E-state index < -0.39 is 9.85 Å². The molecule has 0 unspecified atom stereocenters. The van der Waals surface area contributed by atoms with Crippen molar-refractivity contribution >= 4 is 22.1 Å². The van der Waals surface area contributed by atoms with Crippen molar-refractivity contribution in [1.29, 1.82) is 0 Å². The first-order valence-corrected chi connectivity index (χ1v) is 6.39. The molecule has 0 atom stereocenters. The maximum Gasteiger partial charge on any atom is 0.347 e. The zero-order chi connectivity index (χ0) is 15.7. The van der Waals surface area contributed by atoms with Crippen molar-refractivity contribution in [3.05, 3.63) is 81.2 Å². The van der Waals surface area contributed by atoms with E-state index in [1.165, 1.54) is 12.1 Å². The number of nitrogens with zero attached hydrogens (tertiary/aromatic N) is 3. The van der Waals surface area contributed by atoms with E-state index in [0.717, 1.165) is 16.8 Å². The summed E-state index contributed by atoms with van der Waals surface area (Å²) in [7, 11) is 0. The van der Waals surface area contributed by atoms with Crippen molar-refractivity contribution in [2.45, 2.75) is 0 Å². The van der Waals surface area contributed by atoms with Gasteiger partial charge in [-0.15, -0.1) is 0 Å².